The molecule has 2 aromatic rings. The summed E-state index contributed by atoms with van der Waals surface area (Å²) in [6.07, 6.45) is 0.898. The number of ether oxygens (including phenoxy) is 1. The van der Waals surface area contributed by atoms with Crippen molar-refractivity contribution >= 4 is 17.3 Å². The van der Waals surface area contributed by atoms with Gasteiger partial charge in [0.25, 0.3) is 5.91 Å². The van der Waals surface area contributed by atoms with Crippen LogP contribution in [0.3, 0.4) is 0 Å². The highest BCUT2D eigenvalue weighted by atomic mass is 16.5. The Balaban J connectivity index is 1.78. The van der Waals surface area contributed by atoms with E-state index in [2.05, 4.69) is 5.32 Å². The molecule has 1 amide bonds. The first-order valence-corrected chi connectivity index (χ1v) is 6.98. The lowest BCUT2D eigenvalue weighted by Crippen LogP contribution is -2.14. The summed E-state index contributed by atoms with van der Waals surface area (Å²) >= 11 is 0. The fourth-order valence-electron chi connectivity index (χ4n) is 2.39. The van der Waals surface area contributed by atoms with Gasteiger partial charge in [-0.25, -0.2) is 0 Å². The largest absolute Gasteiger partial charge is 0.493 e. The molecule has 0 spiro atoms. The molecule has 0 aromatic heterocycles. The molecule has 0 radical (unpaired) electrons. The molecular weight excluding hydrogens is 264 g/mol. The molecule has 2 aromatic carbocycles. The van der Waals surface area contributed by atoms with Crippen molar-refractivity contribution in [2.24, 2.45) is 0 Å². The van der Waals surface area contributed by atoms with E-state index < -0.39 is 0 Å². The minimum Gasteiger partial charge on any atom is -0.493 e. The molecule has 0 atom stereocenters. The summed E-state index contributed by atoms with van der Waals surface area (Å²) < 4.78 is 5.47. The molecule has 0 bridgehead atoms. The van der Waals surface area contributed by atoms with Crippen LogP contribution in [0.4, 0.5) is 11.4 Å². The number of rotatable bonds is 3. The number of nitrogens with zero attached hydrogens (tertiary/aromatic N) is 1. The number of nitrogens with one attached hydrogen (secondary N) is 1. The predicted molar refractivity (Wildman–Crippen MR) is 84.4 cm³/mol. The van der Waals surface area contributed by atoms with Crippen molar-refractivity contribution < 1.29 is 9.53 Å². The topological polar surface area (TPSA) is 41.6 Å². The normalized spacial score (nSPS) is 12.5. The summed E-state index contributed by atoms with van der Waals surface area (Å²) in [6.45, 7) is 0.720. The maximum Gasteiger partial charge on any atom is 0.255 e. The first-order valence-electron chi connectivity index (χ1n) is 6.98. The van der Waals surface area contributed by atoms with Crippen LogP contribution in [0.15, 0.2) is 42.5 Å². The van der Waals surface area contributed by atoms with Crippen LogP contribution in [0, 0.1) is 0 Å². The zero-order chi connectivity index (χ0) is 14.8. The van der Waals surface area contributed by atoms with Gasteiger partial charge in [-0.2, -0.15) is 0 Å². The van der Waals surface area contributed by atoms with Crippen molar-refractivity contribution in [3.63, 3.8) is 0 Å². The van der Waals surface area contributed by atoms with Gasteiger partial charge in [0.05, 0.1) is 6.61 Å². The van der Waals surface area contributed by atoms with Gasteiger partial charge in [0.15, 0.2) is 0 Å². The van der Waals surface area contributed by atoms with Gasteiger partial charge in [-0.05, 0) is 42.0 Å². The number of benzene rings is 2. The van der Waals surface area contributed by atoms with E-state index in [1.807, 2.05) is 61.5 Å². The average Bonchev–Trinajstić information content (AvgIpc) is 2.95. The van der Waals surface area contributed by atoms with Crippen molar-refractivity contribution in [1.29, 1.82) is 0 Å². The second kappa shape index (κ2) is 5.48. The Hall–Kier alpha value is -2.49. The molecule has 0 saturated carbocycles. The van der Waals surface area contributed by atoms with Gasteiger partial charge in [-0.1, -0.05) is 6.07 Å². The SMILES string of the molecule is CN(C)c1cccc(C(=O)Nc2ccc3c(c2)CCO3)c1. The molecule has 1 heterocycles. The zero-order valence-electron chi connectivity index (χ0n) is 12.2. The van der Waals surface area contributed by atoms with Crippen molar-refractivity contribution in [2.45, 2.75) is 6.42 Å². The lowest BCUT2D eigenvalue weighted by Gasteiger charge is -2.13. The van der Waals surface area contributed by atoms with Crippen LogP contribution >= 0.6 is 0 Å². The first-order chi connectivity index (χ1) is 10.1. The minimum absolute atomic E-state index is 0.0995. The van der Waals surface area contributed by atoms with Crippen molar-refractivity contribution in [2.75, 3.05) is 30.9 Å². The second-order valence-corrected chi connectivity index (χ2v) is 5.32. The standard InChI is InChI=1S/C17H18N2O2/c1-19(2)15-5-3-4-13(11-15)17(20)18-14-6-7-16-12(10-14)8-9-21-16/h3-7,10-11H,8-9H2,1-2H3,(H,18,20). The molecule has 4 heteroatoms. The number of amides is 1. The van der Waals surface area contributed by atoms with Gasteiger partial charge in [0, 0.05) is 37.5 Å². The minimum atomic E-state index is -0.0995. The number of carbonyl (C=O) groups is 1. The van der Waals surface area contributed by atoms with Crippen LogP contribution < -0.4 is 15.0 Å². The van der Waals surface area contributed by atoms with E-state index in [0.717, 1.165) is 35.7 Å². The number of hydrogen-bond acceptors (Lipinski definition) is 3. The van der Waals surface area contributed by atoms with Gasteiger partial charge < -0.3 is 15.0 Å². The van der Waals surface area contributed by atoms with Crippen LogP contribution in [0.5, 0.6) is 5.75 Å². The van der Waals surface area contributed by atoms with E-state index in [-0.39, 0.29) is 5.91 Å². The van der Waals surface area contributed by atoms with Crippen molar-refractivity contribution in [3.8, 4) is 5.75 Å². The van der Waals surface area contributed by atoms with E-state index >= 15 is 0 Å². The highest BCUT2D eigenvalue weighted by Crippen LogP contribution is 2.28. The van der Waals surface area contributed by atoms with Crippen molar-refractivity contribution in [1.82, 2.24) is 0 Å². The number of hydrogen-bond donors (Lipinski definition) is 1. The molecule has 1 aliphatic rings. The third-order valence-electron chi connectivity index (χ3n) is 3.57. The summed E-state index contributed by atoms with van der Waals surface area (Å²) in [5.41, 5.74) is 3.61. The first kappa shape index (κ1) is 13.5. The third kappa shape index (κ3) is 2.84. The molecule has 3 rings (SSSR count). The molecule has 0 fully saturated rings. The molecule has 0 saturated heterocycles. The molecular formula is C17H18N2O2. The van der Waals surface area contributed by atoms with E-state index in [9.17, 15) is 4.79 Å². The number of anilines is 2. The van der Waals surface area contributed by atoms with Gasteiger partial charge in [-0.3, -0.25) is 4.79 Å². The maximum absolute atomic E-state index is 12.3. The summed E-state index contributed by atoms with van der Waals surface area (Å²) in [6, 6.07) is 13.3. The molecule has 21 heavy (non-hydrogen) atoms. The van der Waals surface area contributed by atoms with E-state index in [0.29, 0.717) is 5.56 Å². The fraction of sp³-hybridized carbons (Fsp3) is 0.235. The average molecular weight is 282 g/mol. The monoisotopic (exact) mass is 282 g/mol. The molecule has 0 aliphatic carbocycles. The molecule has 1 aliphatic heterocycles. The quantitative estimate of drug-likeness (QED) is 0.941. The van der Waals surface area contributed by atoms with Crippen LogP contribution in [-0.4, -0.2) is 26.6 Å². The Kier molecular flexibility index (Phi) is 3.52. The highest BCUT2D eigenvalue weighted by Gasteiger charge is 2.13. The Morgan fingerprint density at radius 3 is 2.86 bits per heavy atom. The van der Waals surface area contributed by atoms with Gasteiger partial charge in [-0.15, -0.1) is 0 Å². The van der Waals surface area contributed by atoms with E-state index in [1.165, 1.54) is 0 Å². The van der Waals surface area contributed by atoms with E-state index in [4.69, 9.17) is 4.74 Å². The van der Waals surface area contributed by atoms with Gasteiger partial charge >= 0.3 is 0 Å². The van der Waals surface area contributed by atoms with Crippen LogP contribution in [0.2, 0.25) is 0 Å². The Morgan fingerprint density at radius 1 is 1.19 bits per heavy atom. The maximum atomic E-state index is 12.3. The number of carbonyl (C=O) groups excluding carboxylic acids is 1. The second-order valence-electron chi connectivity index (χ2n) is 5.32. The lowest BCUT2D eigenvalue weighted by atomic mass is 10.1. The zero-order valence-corrected chi connectivity index (χ0v) is 12.2. The van der Waals surface area contributed by atoms with Crippen molar-refractivity contribution in [3.05, 3.63) is 53.6 Å². The summed E-state index contributed by atoms with van der Waals surface area (Å²) in [5.74, 6) is 0.820. The summed E-state index contributed by atoms with van der Waals surface area (Å²) in [7, 11) is 3.91. The third-order valence-corrected chi connectivity index (χ3v) is 3.57. The lowest BCUT2D eigenvalue weighted by molar-refractivity contribution is 0.102. The predicted octanol–water partition coefficient (Wildman–Crippen LogP) is 2.94. The smallest absolute Gasteiger partial charge is 0.255 e. The Morgan fingerprint density at radius 2 is 2.05 bits per heavy atom. The van der Waals surface area contributed by atoms with Crippen LogP contribution in [0.25, 0.3) is 0 Å². The van der Waals surface area contributed by atoms with Gasteiger partial charge in [0.1, 0.15) is 5.75 Å². The fourth-order valence-corrected chi connectivity index (χ4v) is 2.39. The Bertz CT molecular complexity index is 680. The number of fused-ring (bicyclic) bond motifs is 1. The van der Waals surface area contributed by atoms with E-state index in [1.54, 1.807) is 0 Å². The summed E-state index contributed by atoms with van der Waals surface area (Å²) in [4.78, 5) is 14.3. The molecule has 1 N–H and O–H groups in total. The summed E-state index contributed by atoms with van der Waals surface area (Å²) in [5, 5.41) is 2.94. The van der Waals surface area contributed by atoms with Gasteiger partial charge in [0.2, 0.25) is 0 Å². The molecule has 4 nitrogen and oxygen atoms in total. The van der Waals surface area contributed by atoms with Crippen LogP contribution in [0.1, 0.15) is 15.9 Å². The highest BCUT2D eigenvalue weighted by molar-refractivity contribution is 6.04. The molecule has 0 unspecified atom stereocenters. The Labute approximate surface area is 124 Å². The molecule has 108 valence electrons. The van der Waals surface area contributed by atoms with Crippen LogP contribution in [-0.2, 0) is 6.42 Å².